The number of phenols is 1. The number of nitrogens with one attached hydrogen (secondary N) is 2. The first kappa shape index (κ1) is 20.9. The van der Waals surface area contributed by atoms with Gasteiger partial charge in [0.25, 0.3) is 10.2 Å². The fourth-order valence-corrected chi connectivity index (χ4v) is 4.50. The van der Waals surface area contributed by atoms with E-state index in [0.717, 1.165) is 4.31 Å². The summed E-state index contributed by atoms with van der Waals surface area (Å²) in [6.07, 6.45) is 0.171. The number of methoxy groups -OCH3 is 2. The molecule has 3 N–H and O–H groups in total. The summed E-state index contributed by atoms with van der Waals surface area (Å²) < 4.78 is 39.5. The zero-order valence-corrected chi connectivity index (χ0v) is 17.1. The van der Waals surface area contributed by atoms with Gasteiger partial charge in [-0.2, -0.15) is 17.4 Å². The van der Waals surface area contributed by atoms with E-state index in [1.54, 1.807) is 30.3 Å². The number of nitrogens with zero attached hydrogens (tertiary/aromatic N) is 1. The van der Waals surface area contributed by atoms with Gasteiger partial charge in [0.15, 0.2) is 0 Å². The van der Waals surface area contributed by atoms with Gasteiger partial charge in [-0.3, -0.25) is 4.79 Å². The molecule has 0 radical (unpaired) electrons. The Bertz CT molecular complexity index is 1010. The Hall–Kier alpha value is -2.82. The Labute approximate surface area is 169 Å². The van der Waals surface area contributed by atoms with Gasteiger partial charge in [-0.25, -0.2) is 0 Å². The summed E-state index contributed by atoms with van der Waals surface area (Å²) in [6.45, 7) is 0. The average Bonchev–Trinajstić information content (AvgIpc) is 2.69. The number of ether oxygens (including phenoxy) is 2. The van der Waals surface area contributed by atoms with Crippen molar-refractivity contribution in [1.29, 1.82) is 0 Å². The number of rotatable bonds is 5. The summed E-state index contributed by atoms with van der Waals surface area (Å²) in [4.78, 5) is 12.8. The zero-order valence-electron chi connectivity index (χ0n) is 16.2. The Morgan fingerprint density at radius 2 is 1.97 bits per heavy atom. The number of phenolic OH excluding ortho intramolecular Hbond substituents is 1. The highest BCUT2D eigenvalue weighted by Crippen LogP contribution is 2.35. The fraction of sp³-hybridized carbons (Fsp3) is 0.316. The third-order valence-electron chi connectivity index (χ3n) is 4.80. The minimum Gasteiger partial charge on any atom is -0.508 e. The number of hydrogen-bond acceptors (Lipinski definition) is 6. The van der Waals surface area contributed by atoms with Gasteiger partial charge in [0.05, 0.1) is 20.3 Å². The summed E-state index contributed by atoms with van der Waals surface area (Å²) >= 11 is 0. The second kappa shape index (κ2) is 8.27. The Balaban J connectivity index is 1.92. The average molecular weight is 421 g/mol. The maximum Gasteiger partial charge on any atom is 0.280 e. The van der Waals surface area contributed by atoms with Crippen LogP contribution < -0.4 is 19.5 Å². The Morgan fingerprint density at radius 1 is 1.21 bits per heavy atom. The lowest BCUT2D eigenvalue weighted by molar-refractivity contribution is -0.120. The Kier molecular flexibility index (Phi) is 5.96. The summed E-state index contributed by atoms with van der Waals surface area (Å²) in [7, 11) is 0.417. The number of amides is 1. The zero-order chi connectivity index (χ0) is 21.2. The van der Waals surface area contributed by atoms with Gasteiger partial charge in [0, 0.05) is 24.4 Å². The lowest BCUT2D eigenvalue weighted by atomic mass is 9.98. The summed E-state index contributed by atoms with van der Waals surface area (Å²) in [5, 5.41) is 12.2. The van der Waals surface area contributed by atoms with E-state index in [1.807, 2.05) is 0 Å². The molecule has 0 aromatic heterocycles. The predicted molar refractivity (Wildman–Crippen MR) is 107 cm³/mol. The molecule has 1 heterocycles. The van der Waals surface area contributed by atoms with Crippen LogP contribution in [0.5, 0.6) is 17.2 Å². The van der Waals surface area contributed by atoms with Crippen LogP contribution in [0.3, 0.4) is 0 Å². The second-order valence-corrected chi connectivity index (χ2v) is 8.35. The molecular formula is C19H23N3O6S. The molecule has 3 rings (SSSR count). The molecule has 0 spiro atoms. The van der Waals surface area contributed by atoms with Crippen molar-refractivity contribution in [3.05, 3.63) is 48.0 Å². The van der Waals surface area contributed by atoms with Crippen molar-refractivity contribution in [3.8, 4) is 17.2 Å². The van der Waals surface area contributed by atoms with Crippen LogP contribution in [-0.2, 0) is 15.0 Å². The molecule has 2 aromatic rings. The van der Waals surface area contributed by atoms with Crippen molar-refractivity contribution in [1.82, 2.24) is 9.03 Å². The molecule has 2 atom stereocenters. The van der Waals surface area contributed by atoms with Crippen LogP contribution in [0.25, 0.3) is 0 Å². The summed E-state index contributed by atoms with van der Waals surface area (Å²) in [5.41, 5.74) is 0.938. The van der Waals surface area contributed by atoms with Gasteiger partial charge in [-0.1, -0.05) is 6.07 Å². The minimum absolute atomic E-state index is 0.00641. The Morgan fingerprint density at radius 3 is 2.62 bits per heavy atom. The van der Waals surface area contributed by atoms with Gasteiger partial charge in [-0.15, -0.1) is 0 Å². The molecule has 29 heavy (non-hydrogen) atoms. The maximum absolute atomic E-state index is 12.8. The van der Waals surface area contributed by atoms with Crippen LogP contribution in [-0.4, -0.2) is 51.0 Å². The number of aromatic hydroxyl groups is 1. The normalized spacial score (nSPS) is 21.3. The van der Waals surface area contributed by atoms with Gasteiger partial charge < -0.3 is 19.9 Å². The number of hydrogen-bond donors (Lipinski definition) is 3. The van der Waals surface area contributed by atoms with E-state index in [4.69, 9.17) is 9.47 Å². The molecule has 1 aliphatic rings. The van der Waals surface area contributed by atoms with Crippen LogP contribution >= 0.6 is 0 Å². The molecule has 0 saturated carbocycles. The van der Waals surface area contributed by atoms with E-state index < -0.39 is 28.2 Å². The van der Waals surface area contributed by atoms with Crippen molar-refractivity contribution in [2.45, 2.75) is 18.5 Å². The third-order valence-corrected chi connectivity index (χ3v) is 6.39. The molecule has 1 aliphatic heterocycles. The fourth-order valence-electron chi connectivity index (χ4n) is 3.23. The molecule has 10 heteroatoms. The summed E-state index contributed by atoms with van der Waals surface area (Å²) in [6, 6.07) is 9.46. The molecule has 0 bridgehead atoms. The van der Waals surface area contributed by atoms with Gasteiger partial charge >= 0.3 is 0 Å². The number of carbonyl (C=O) groups excluding carboxylic acids is 1. The molecular weight excluding hydrogens is 398 g/mol. The number of likely N-dealkylation sites (N-methyl/N-ethyl adjacent to an activating group) is 1. The molecule has 0 aliphatic carbocycles. The van der Waals surface area contributed by atoms with Crippen molar-refractivity contribution in [2.24, 2.45) is 0 Å². The lowest BCUT2D eigenvalue weighted by Gasteiger charge is -2.36. The molecule has 0 unspecified atom stereocenters. The van der Waals surface area contributed by atoms with E-state index in [1.165, 1.54) is 33.4 Å². The first-order valence-electron chi connectivity index (χ1n) is 8.82. The van der Waals surface area contributed by atoms with E-state index in [0.29, 0.717) is 22.7 Å². The van der Waals surface area contributed by atoms with Crippen molar-refractivity contribution in [2.75, 3.05) is 26.6 Å². The first-order chi connectivity index (χ1) is 13.7. The molecule has 156 valence electrons. The second-order valence-electron chi connectivity index (χ2n) is 6.59. The van der Waals surface area contributed by atoms with Gasteiger partial charge in [0.2, 0.25) is 5.91 Å². The van der Waals surface area contributed by atoms with Crippen LogP contribution in [0.1, 0.15) is 18.0 Å². The standard InChI is InChI=1S/C19H23N3O6S/c1-22-17(19(24)20-12-5-4-6-13(23)9-12)11-16(21-29(22,25)26)15-10-14(27-2)7-8-18(15)28-3/h4-10,16-17,21,23H,11H2,1-3H3,(H,20,24)/t16-,17+/m0/s1. The topological polar surface area (TPSA) is 117 Å². The van der Waals surface area contributed by atoms with Crippen molar-refractivity contribution < 1.29 is 27.8 Å². The van der Waals surface area contributed by atoms with Crippen LogP contribution in [0, 0.1) is 0 Å². The maximum atomic E-state index is 12.8. The number of carbonyl (C=O) groups is 1. The number of benzene rings is 2. The molecule has 1 saturated heterocycles. The monoisotopic (exact) mass is 421 g/mol. The van der Waals surface area contributed by atoms with Gasteiger partial charge in [0.1, 0.15) is 23.3 Å². The molecule has 1 fully saturated rings. The van der Waals surface area contributed by atoms with Crippen LogP contribution in [0.2, 0.25) is 0 Å². The highest BCUT2D eigenvalue weighted by molar-refractivity contribution is 7.87. The quantitative estimate of drug-likeness (QED) is 0.676. The predicted octanol–water partition coefficient (Wildman–Crippen LogP) is 1.63. The summed E-state index contributed by atoms with van der Waals surface area (Å²) in [5.74, 6) is 0.512. The molecule has 1 amide bonds. The lowest BCUT2D eigenvalue weighted by Crippen LogP contribution is -2.56. The van der Waals surface area contributed by atoms with Crippen molar-refractivity contribution >= 4 is 21.8 Å². The van der Waals surface area contributed by atoms with E-state index in [9.17, 15) is 18.3 Å². The smallest absolute Gasteiger partial charge is 0.280 e. The molecule has 2 aromatic carbocycles. The number of anilines is 1. The van der Waals surface area contributed by atoms with E-state index in [2.05, 4.69) is 10.0 Å². The van der Waals surface area contributed by atoms with Gasteiger partial charge in [-0.05, 0) is 36.8 Å². The van der Waals surface area contributed by atoms with E-state index in [-0.39, 0.29) is 12.2 Å². The highest BCUT2D eigenvalue weighted by atomic mass is 32.2. The molecule has 9 nitrogen and oxygen atoms in total. The van der Waals surface area contributed by atoms with Crippen LogP contribution in [0.15, 0.2) is 42.5 Å². The van der Waals surface area contributed by atoms with Crippen LogP contribution in [0.4, 0.5) is 5.69 Å². The minimum atomic E-state index is -3.92. The first-order valence-corrected chi connectivity index (χ1v) is 10.3. The third kappa shape index (κ3) is 4.44. The van der Waals surface area contributed by atoms with E-state index >= 15 is 0 Å². The largest absolute Gasteiger partial charge is 0.508 e. The van der Waals surface area contributed by atoms with Crippen molar-refractivity contribution in [3.63, 3.8) is 0 Å². The highest BCUT2D eigenvalue weighted by Gasteiger charge is 2.41. The SMILES string of the molecule is COc1ccc(OC)c([C@@H]2C[C@H](C(=O)Nc3cccc(O)c3)N(C)S(=O)(=O)N2)c1.